The van der Waals surface area contributed by atoms with Gasteiger partial charge >= 0.3 is 17.9 Å². The third-order valence-electron chi connectivity index (χ3n) is 25.4. The van der Waals surface area contributed by atoms with Crippen LogP contribution in [0.25, 0.3) is 6.08 Å². The Morgan fingerprint density at radius 2 is 1.12 bits per heavy atom. The predicted octanol–water partition coefficient (Wildman–Crippen LogP) is -2.22. The van der Waals surface area contributed by atoms with Gasteiger partial charge in [0.15, 0.2) is 48.9 Å². The van der Waals surface area contributed by atoms with Crippen molar-refractivity contribution in [2.45, 2.75) is 266 Å². The van der Waals surface area contributed by atoms with Gasteiger partial charge in [-0.1, -0.05) is 39.3 Å². The monoisotopic (exact) mass is 1490 g/mol. The van der Waals surface area contributed by atoms with Gasteiger partial charge in [-0.15, -0.1) is 0 Å². The molecule has 0 spiro atoms. The lowest BCUT2D eigenvalue weighted by Gasteiger charge is -2.71. The summed E-state index contributed by atoms with van der Waals surface area (Å²) in [4.78, 5) is 43.8. The van der Waals surface area contributed by atoms with Gasteiger partial charge in [0, 0.05) is 11.5 Å². The summed E-state index contributed by atoms with van der Waals surface area (Å²) in [6.07, 6.45) is -37.5. The zero-order valence-corrected chi connectivity index (χ0v) is 59.9. The lowest BCUT2D eigenvalue weighted by molar-refractivity contribution is -0.378. The number of carboxylic acid groups (broad SMARTS) is 1. The molecule has 4 saturated carbocycles. The number of benzene rings is 1. The van der Waals surface area contributed by atoms with Gasteiger partial charge in [-0.25, -0.2) is 4.79 Å². The van der Waals surface area contributed by atoms with Crippen molar-refractivity contribution in [3.05, 3.63) is 35.4 Å². The molecule has 0 aromatic heterocycles. The van der Waals surface area contributed by atoms with Crippen LogP contribution in [0.4, 0.5) is 0 Å². The molecule has 33 nitrogen and oxygen atoms in total. The molecule has 11 rings (SSSR count). The van der Waals surface area contributed by atoms with Gasteiger partial charge < -0.3 is 148 Å². The fraction of sp³-hybridized carbons (Fsp3) is 0.817. The maximum atomic E-state index is 16.0. The van der Waals surface area contributed by atoms with Crippen molar-refractivity contribution >= 4 is 24.0 Å². The van der Waals surface area contributed by atoms with Crippen molar-refractivity contribution in [1.29, 1.82) is 0 Å². The number of fused-ring (bicyclic) bond motifs is 7. The van der Waals surface area contributed by atoms with Crippen molar-refractivity contribution in [1.82, 2.24) is 0 Å². The number of hydrogen-bond donors (Lipinski definition) is 16. The number of hydrogen-bond acceptors (Lipinski definition) is 32. The maximum Gasteiger partial charge on any atom is 0.331 e. The Hall–Kier alpha value is -4.45. The number of aliphatic hydroxyl groups excluding tert-OH is 15. The molecule has 9 fully saturated rings. The Morgan fingerprint density at radius 1 is 0.567 bits per heavy atom. The third-order valence-corrected chi connectivity index (χ3v) is 25.4. The number of carbonyl (C=O) groups excluding carboxylic acids is 2. The highest BCUT2D eigenvalue weighted by Gasteiger charge is 2.74. The number of carbonyl (C=O) groups is 3. The van der Waals surface area contributed by atoms with Crippen LogP contribution >= 0.6 is 0 Å². The van der Waals surface area contributed by atoms with E-state index < -0.39 is 242 Å². The zero-order chi connectivity index (χ0) is 76.0. The summed E-state index contributed by atoms with van der Waals surface area (Å²) >= 11 is 0. The molecule has 1 aromatic rings. The Bertz CT molecular complexity index is 3240. The van der Waals surface area contributed by atoms with Gasteiger partial charge in [-0.2, -0.15) is 0 Å². The summed E-state index contributed by atoms with van der Waals surface area (Å²) in [5.41, 5.74) is -5.17. The minimum atomic E-state index is -2.09. The van der Waals surface area contributed by atoms with Gasteiger partial charge in [0.05, 0.1) is 76.9 Å². The van der Waals surface area contributed by atoms with E-state index in [-0.39, 0.29) is 61.4 Å². The quantitative estimate of drug-likeness (QED) is 0.0285. The molecule has 10 aliphatic rings. The first-order valence-electron chi connectivity index (χ1n) is 35.7. The molecule has 5 aliphatic heterocycles. The first-order chi connectivity index (χ1) is 49.0. The topological polar surface area (TPSA) is 504 Å². The molecule has 1 aromatic carbocycles. The first kappa shape index (κ1) is 80.6. The average Bonchev–Trinajstić information content (AvgIpc) is 0.669. The summed E-state index contributed by atoms with van der Waals surface area (Å²) in [6, 6.07) is 3.14. The van der Waals surface area contributed by atoms with Crippen LogP contribution in [0.1, 0.15) is 112 Å². The largest absolute Gasteiger partial charge is 0.493 e. The van der Waals surface area contributed by atoms with Crippen LogP contribution in [0, 0.1) is 50.2 Å². The molecule has 0 amide bonds. The minimum Gasteiger partial charge on any atom is -0.493 e. The fourth-order valence-corrected chi connectivity index (χ4v) is 19.5. The highest BCUT2D eigenvalue weighted by molar-refractivity contribution is 5.87. The van der Waals surface area contributed by atoms with E-state index in [0.29, 0.717) is 31.2 Å². The highest BCUT2D eigenvalue weighted by Crippen LogP contribution is 2.76. The molecule has 33 heteroatoms. The number of aliphatic carboxylic acids is 1. The average molecular weight is 1490 g/mol. The number of ether oxygens (including phenoxy) is 14. The number of allylic oxidation sites excluding steroid dienone is 1. The Kier molecular flexibility index (Phi) is 23.8. The molecule has 5 saturated heterocycles. The van der Waals surface area contributed by atoms with Gasteiger partial charge in [0.1, 0.15) is 97.7 Å². The highest BCUT2D eigenvalue weighted by atomic mass is 16.8. The smallest absolute Gasteiger partial charge is 0.331 e. The molecule has 16 N–H and O–H groups in total. The van der Waals surface area contributed by atoms with E-state index in [4.69, 9.17) is 66.3 Å². The lowest BCUT2D eigenvalue weighted by Crippen LogP contribution is -2.71. The lowest BCUT2D eigenvalue weighted by atomic mass is 9.33. The fourth-order valence-electron chi connectivity index (χ4n) is 19.5. The Balaban J connectivity index is 0.856. The molecule has 0 bridgehead atoms. The van der Waals surface area contributed by atoms with Crippen molar-refractivity contribution in [3.63, 3.8) is 0 Å². The molecule has 5 heterocycles. The van der Waals surface area contributed by atoms with Crippen LogP contribution in [-0.4, -0.2) is 307 Å². The minimum absolute atomic E-state index is 0.00124. The molecule has 34 unspecified atom stereocenters. The zero-order valence-electron chi connectivity index (χ0n) is 59.9. The predicted molar refractivity (Wildman–Crippen MR) is 350 cm³/mol. The number of methoxy groups -OCH3 is 3. The molecular weight excluding hydrogens is 1380 g/mol. The van der Waals surface area contributed by atoms with Gasteiger partial charge in [0.25, 0.3) is 0 Å². The van der Waals surface area contributed by atoms with Gasteiger partial charge in [-0.3, -0.25) is 9.59 Å². The molecule has 588 valence electrons. The molecule has 34 atom stereocenters. The normalized spacial score (nSPS) is 47.9. The van der Waals surface area contributed by atoms with Crippen molar-refractivity contribution in [2.24, 2.45) is 50.2 Å². The maximum absolute atomic E-state index is 16.0. The summed E-state index contributed by atoms with van der Waals surface area (Å²) < 4.78 is 82.5. The van der Waals surface area contributed by atoms with Crippen LogP contribution < -0.4 is 14.2 Å². The van der Waals surface area contributed by atoms with Crippen LogP contribution in [0.2, 0.25) is 0 Å². The van der Waals surface area contributed by atoms with Gasteiger partial charge in [0.2, 0.25) is 12.0 Å². The Morgan fingerprint density at radius 3 is 1.71 bits per heavy atom. The van der Waals surface area contributed by atoms with Crippen molar-refractivity contribution in [2.75, 3.05) is 47.8 Å². The van der Waals surface area contributed by atoms with Crippen LogP contribution in [0.3, 0.4) is 0 Å². The van der Waals surface area contributed by atoms with E-state index in [1.165, 1.54) is 48.2 Å². The molecule has 5 aliphatic carbocycles. The SMILES string of the molecule is COc1cc(C=CC(=O)OC2C(C)OC(OC(=O)C34CCC(C)(C)CC3C3=CCC5C6(C)CC(O)C(OC7OC(CO)C(O)C(O)C7O)C(C)(C(=O)O)C6CCC5(C)C3(CO)CC4)C(OC3OC(C)C(OC4OCC(OC5OC(CO)C(O)C(O)C5O)C(O)C4O)C(O)C3O)C2O)cc(OC)c1OC. The second-order valence-electron chi connectivity index (χ2n) is 31.6. The number of carboxylic acids is 1. The number of rotatable bonds is 20. The van der Waals surface area contributed by atoms with Crippen LogP contribution in [0.5, 0.6) is 17.2 Å². The second kappa shape index (κ2) is 30.8. The standard InChI is InChI=1S/C71H106O33/c1-29-54(101-59-49(83)45(79)39(27-94-59)99-61-50(84)46(80)43(77)37(25-72)97-61)48(82)52(86)60(95-29)102-57-53(87)55(100-42(76)14-11-31-21-35(91-8)56(93-10)36(22-31)92-9)30(2)96-63(57)104-65(90)70-18-17-66(3,4)23-33(70)32-12-13-40-67(5)24-34(75)58(103-62-51(85)47(81)44(78)38(26-73)98-62)69(7,64(88)89)41(67)15-16-68(40,6)71(32,28-74)20-19-70/h11-12,14,21-22,29-30,33-34,37-41,43-55,57-63,72-75,77-87H,13,15-20,23-28H2,1-10H3,(H,88,89). The van der Waals surface area contributed by atoms with E-state index >= 15 is 4.79 Å². The van der Waals surface area contributed by atoms with Gasteiger partial charge in [-0.05, 0) is 136 Å². The summed E-state index contributed by atoms with van der Waals surface area (Å²) in [5.74, 6) is -3.93. The second-order valence-corrected chi connectivity index (χ2v) is 31.6. The van der Waals surface area contributed by atoms with E-state index in [9.17, 15) is 91.3 Å². The molecule has 0 radical (unpaired) electrons. The molecule has 104 heavy (non-hydrogen) atoms. The van der Waals surface area contributed by atoms with E-state index in [1.54, 1.807) is 12.1 Å². The summed E-state index contributed by atoms with van der Waals surface area (Å²) in [5, 5.41) is 178. The summed E-state index contributed by atoms with van der Waals surface area (Å²) in [7, 11) is 4.25. The van der Waals surface area contributed by atoms with Crippen LogP contribution in [0.15, 0.2) is 29.9 Å². The number of esters is 2. The van der Waals surface area contributed by atoms with E-state index in [1.807, 2.05) is 6.92 Å². The van der Waals surface area contributed by atoms with E-state index in [2.05, 4.69) is 26.8 Å². The summed E-state index contributed by atoms with van der Waals surface area (Å²) in [6.45, 7) is 10.1. The van der Waals surface area contributed by atoms with Crippen molar-refractivity contribution < 1.29 is 162 Å². The Labute approximate surface area is 600 Å². The first-order valence-corrected chi connectivity index (χ1v) is 35.7. The van der Waals surface area contributed by atoms with Crippen LogP contribution in [-0.2, 0) is 66.5 Å². The van der Waals surface area contributed by atoms with E-state index in [0.717, 1.165) is 11.6 Å². The third kappa shape index (κ3) is 13.8. The molecular formula is C71H106O33. The van der Waals surface area contributed by atoms with Crippen molar-refractivity contribution in [3.8, 4) is 17.2 Å². The number of aliphatic hydroxyl groups is 15.